The predicted octanol–water partition coefficient (Wildman–Crippen LogP) is 2.74. The lowest BCUT2D eigenvalue weighted by Gasteiger charge is -2.25. The van der Waals surface area contributed by atoms with Crippen molar-refractivity contribution in [3.05, 3.63) is 23.9 Å². The molecule has 2 heterocycles. The molecule has 0 aliphatic carbocycles. The third-order valence-corrected chi connectivity index (χ3v) is 3.55. The van der Waals surface area contributed by atoms with Crippen LogP contribution in [0.15, 0.2) is 18.3 Å². The molecule has 0 amide bonds. The Morgan fingerprint density at radius 1 is 1.17 bits per heavy atom. The van der Waals surface area contributed by atoms with E-state index in [9.17, 15) is 0 Å². The number of rotatable bonds is 3. The summed E-state index contributed by atoms with van der Waals surface area (Å²) in [7, 11) is 0. The van der Waals surface area contributed by atoms with Gasteiger partial charge in [0.05, 0.1) is 0 Å². The van der Waals surface area contributed by atoms with Gasteiger partial charge >= 0.3 is 0 Å². The summed E-state index contributed by atoms with van der Waals surface area (Å²) in [5, 5.41) is 0. The fourth-order valence-electron chi connectivity index (χ4n) is 2.57. The highest BCUT2D eigenvalue weighted by atomic mass is 15.2. The molecule has 1 aromatic heterocycles. The van der Waals surface area contributed by atoms with Gasteiger partial charge in [-0.05, 0) is 37.8 Å². The molecule has 1 aliphatic rings. The molecule has 1 aromatic rings. The van der Waals surface area contributed by atoms with Gasteiger partial charge in [-0.2, -0.15) is 0 Å². The molecule has 18 heavy (non-hydrogen) atoms. The molecule has 2 N–H and O–H groups in total. The number of pyridine rings is 1. The summed E-state index contributed by atoms with van der Waals surface area (Å²) in [5.41, 5.74) is 7.04. The van der Waals surface area contributed by atoms with Crippen molar-refractivity contribution in [2.75, 3.05) is 18.0 Å². The summed E-state index contributed by atoms with van der Waals surface area (Å²) in [6, 6.07) is 4.53. The van der Waals surface area contributed by atoms with E-state index in [0.29, 0.717) is 0 Å². The highest BCUT2D eigenvalue weighted by Gasteiger charge is 2.10. The Morgan fingerprint density at radius 3 is 2.39 bits per heavy atom. The van der Waals surface area contributed by atoms with Gasteiger partial charge in [-0.1, -0.05) is 25.3 Å². The van der Waals surface area contributed by atoms with Gasteiger partial charge in [0.15, 0.2) is 0 Å². The summed E-state index contributed by atoms with van der Waals surface area (Å²) in [6.45, 7) is 4.34. The average molecular weight is 247 g/mol. The highest BCUT2D eigenvalue weighted by Crippen LogP contribution is 2.17. The Balaban J connectivity index is 1.98. The largest absolute Gasteiger partial charge is 0.357 e. The van der Waals surface area contributed by atoms with Gasteiger partial charge in [-0.3, -0.25) is 0 Å². The van der Waals surface area contributed by atoms with Gasteiger partial charge in [0.25, 0.3) is 0 Å². The molecule has 1 aliphatic heterocycles. The van der Waals surface area contributed by atoms with E-state index < -0.39 is 0 Å². The minimum absolute atomic E-state index is 0.208. The Bertz CT molecular complexity index is 337. The maximum absolute atomic E-state index is 5.81. The van der Waals surface area contributed by atoms with Crippen molar-refractivity contribution in [1.29, 1.82) is 0 Å². The van der Waals surface area contributed by atoms with Crippen LogP contribution in [0.1, 0.15) is 44.6 Å². The molecule has 0 aromatic carbocycles. The van der Waals surface area contributed by atoms with Crippen LogP contribution in [0.3, 0.4) is 0 Å². The first-order valence-electron chi connectivity index (χ1n) is 7.21. The topological polar surface area (TPSA) is 42.1 Å². The van der Waals surface area contributed by atoms with Crippen molar-refractivity contribution in [3.63, 3.8) is 0 Å². The Hall–Kier alpha value is -1.09. The molecule has 1 fully saturated rings. The normalized spacial score (nSPS) is 19.1. The van der Waals surface area contributed by atoms with Gasteiger partial charge in [-0.15, -0.1) is 0 Å². The molecule has 0 radical (unpaired) electrons. The summed E-state index contributed by atoms with van der Waals surface area (Å²) in [4.78, 5) is 7.02. The van der Waals surface area contributed by atoms with E-state index in [1.54, 1.807) is 0 Å². The van der Waals surface area contributed by atoms with E-state index in [4.69, 9.17) is 5.73 Å². The molecule has 0 spiro atoms. The minimum atomic E-state index is 0.208. The monoisotopic (exact) mass is 247 g/mol. The third kappa shape index (κ3) is 3.98. The first-order chi connectivity index (χ1) is 8.75. The van der Waals surface area contributed by atoms with E-state index in [1.807, 2.05) is 13.1 Å². The third-order valence-electron chi connectivity index (χ3n) is 3.55. The average Bonchev–Trinajstić information content (AvgIpc) is 2.29. The molecule has 3 heteroatoms. The van der Waals surface area contributed by atoms with Crippen LogP contribution in [0, 0.1) is 0 Å². The second-order valence-corrected chi connectivity index (χ2v) is 5.46. The molecule has 0 bridgehead atoms. The Kier molecular flexibility index (Phi) is 5.00. The maximum atomic E-state index is 5.81. The molecule has 1 saturated heterocycles. The highest BCUT2D eigenvalue weighted by molar-refractivity contribution is 5.39. The number of anilines is 1. The Morgan fingerprint density at radius 2 is 1.83 bits per heavy atom. The zero-order chi connectivity index (χ0) is 12.8. The maximum Gasteiger partial charge on any atom is 0.128 e. The molecule has 100 valence electrons. The van der Waals surface area contributed by atoms with Crippen LogP contribution in [0.4, 0.5) is 5.82 Å². The summed E-state index contributed by atoms with van der Waals surface area (Å²) in [5.74, 6) is 1.13. The van der Waals surface area contributed by atoms with Crippen molar-refractivity contribution in [1.82, 2.24) is 4.98 Å². The van der Waals surface area contributed by atoms with Gasteiger partial charge in [0.2, 0.25) is 0 Å². The summed E-state index contributed by atoms with van der Waals surface area (Å²) >= 11 is 0. The fourth-order valence-corrected chi connectivity index (χ4v) is 2.57. The fraction of sp³-hybridized carbons (Fsp3) is 0.667. The quantitative estimate of drug-likeness (QED) is 0.893. The zero-order valence-corrected chi connectivity index (χ0v) is 11.4. The standard InChI is InChI=1S/C15H25N3/c1-13(16)11-14-7-8-15(17-12-14)18-9-5-3-2-4-6-10-18/h7-8,12-13H,2-6,9-11,16H2,1H3. The molecular weight excluding hydrogens is 222 g/mol. The van der Waals surface area contributed by atoms with Crippen LogP contribution in [0.25, 0.3) is 0 Å². The van der Waals surface area contributed by atoms with Gasteiger partial charge < -0.3 is 10.6 Å². The number of hydrogen-bond acceptors (Lipinski definition) is 3. The van der Waals surface area contributed by atoms with Crippen molar-refractivity contribution >= 4 is 5.82 Å². The smallest absolute Gasteiger partial charge is 0.128 e. The van der Waals surface area contributed by atoms with Crippen molar-refractivity contribution in [3.8, 4) is 0 Å². The lowest BCUT2D eigenvalue weighted by Crippen LogP contribution is -2.27. The van der Waals surface area contributed by atoms with Gasteiger partial charge in [0, 0.05) is 25.3 Å². The van der Waals surface area contributed by atoms with E-state index in [0.717, 1.165) is 25.3 Å². The van der Waals surface area contributed by atoms with Crippen LogP contribution >= 0.6 is 0 Å². The van der Waals surface area contributed by atoms with E-state index in [2.05, 4.69) is 22.0 Å². The lowest BCUT2D eigenvalue weighted by atomic mass is 10.1. The number of hydrogen-bond donors (Lipinski definition) is 1. The van der Waals surface area contributed by atoms with E-state index in [-0.39, 0.29) is 6.04 Å². The molecule has 2 rings (SSSR count). The molecular formula is C15H25N3. The van der Waals surface area contributed by atoms with Crippen LogP contribution in [-0.2, 0) is 6.42 Å². The van der Waals surface area contributed by atoms with Gasteiger partial charge in [-0.25, -0.2) is 4.98 Å². The van der Waals surface area contributed by atoms with E-state index >= 15 is 0 Å². The molecule has 3 nitrogen and oxygen atoms in total. The molecule has 0 saturated carbocycles. The second-order valence-electron chi connectivity index (χ2n) is 5.46. The Labute approximate surface area is 110 Å². The predicted molar refractivity (Wildman–Crippen MR) is 76.9 cm³/mol. The van der Waals surface area contributed by atoms with Crippen LogP contribution in [0.2, 0.25) is 0 Å². The second kappa shape index (κ2) is 6.74. The summed E-state index contributed by atoms with van der Waals surface area (Å²) < 4.78 is 0. The number of nitrogens with zero attached hydrogens (tertiary/aromatic N) is 2. The van der Waals surface area contributed by atoms with Gasteiger partial charge in [0.1, 0.15) is 5.82 Å². The first kappa shape index (κ1) is 13.3. The number of aromatic nitrogens is 1. The molecule has 1 unspecified atom stereocenters. The zero-order valence-electron chi connectivity index (χ0n) is 11.4. The first-order valence-corrected chi connectivity index (χ1v) is 7.21. The van der Waals surface area contributed by atoms with E-state index in [1.165, 1.54) is 37.7 Å². The van der Waals surface area contributed by atoms with Crippen LogP contribution < -0.4 is 10.6 Å². The lowest BCUT2D eigenvalue weighted by molar-refractivity contribution is 0.553. The van der Waals surface area contributed by atoms with Crippen LogP contribution in [0.5, 0.6) is 0 Å². The van der Waals surface area contributed by atoms with Crippen LogP contribution in [-0.4, -0.2) is 24.1 Å². The van der Waals surface area contributed by atoms with Crippen molar-refractivity contribution in [2.45, 2.75) is 51.5 Å². The number of nitrogens with two attached hydrogens (primary N) is 1. The summed E-state index contributed by atoms with van der Waals surface area (Å²) in [6.07, 6.45) is 9.60. The minimum Gasteiger partial charge on any atom is -0.357 e. The SMILES string of the molecule is CC(N)Cc1ccc(N2CCCCCCC2)nc1. The molecule has 1 atom stereocenters. The van der Waals surface area contributed by atoms with Crippen molar-refractivity contribution < 1.29 is 0 Å². The van der Waals surface area contributed by atoms with Crippen molar-refractivity contribution in [2.24, 2.45) is 5.73 Å².